The van der Waals surface area contributed by atoms with Crippen LogP contribution >= 0.6 is 15.9 Å². The Balaban J connectivity index is 1.90. The highest BCUT2D eigenvalue weighted by Crippen LogP contribution is 2.28. The number of aryl methyl sites for hydroxylation is 1. The highest BCUT2D eigenvalue weighted by atomic mass is 79.9. The van der Waals surface area contributed by atoms with Gasteiger partial charge in [0.1, 0.15) is 5.82 Å². The van der Waals surface area contributed by atoms with E-state index in [0.29, 0.717) is 10.0 Å². The number of anilines is 1. The molecule has 0 aliphatic heterocycles. The van der Waals surface area contributed by atoms with Crippen molar-refractivity contribution in [3.63, 3.8) is 0 Å². The highest BCUT2D eigenvalue weighted by Gasteiger charge is 2.16. The molecule has 0 radical (unpaired) electrons. The second-order valence-electron chi connectivity index (χ2n) is 5.23. The van der Waals surface area contributed by atoms with E-state index in [0.717, 1.165) is 24.9 Å². The van der Waals surface area contributed by atoms with Gasteiger partial charge in [-0.3, -0.25) is 4.79 Å². The molecule has 0 fully saturated rings. The quantitative estimate of drug-likeness (QED) is 0.836. The molecule has 0 bridgehead atoms. The summed E-state index contributed by atoms with van der Waals surface area (Å²) in [7, 11) is 0. The highest BCUT2D eigenvalue weighted by molar-refractivity contribution is 9.10. The Kier molecular flexibility index (Phi) is 4.06. The van der Waals surface area contributed by atoms with E-state index in [1.807, 2.05) is 12.1 Å². The number of carbonyl (C=O) groups is 1. The monoisotopic (exact) mass is 347 g/mol. The van der Waals surface area contributed by atoms with E-state index in [4.69, 9.17) is 0 Å². The van der Waals surface area contributed by atoms with Gasteiger partial charge < -0.3 is 5.32 Å². The van der Waals surface area contributed by atoms with Crippen LogP contribution in [0.1, 0.15) is 34.3 Å². The number of hydrogen-bond donors (Lipinski definition) is 1. The summed E-state index contributed by atoms with van der Waals surface area (Å²) in [6, 6.07) is 10.1. The molecule has 4 heteroatoms. The van der Waals surface area contributed by atoms with Gasteiger partial charge >= 0.3 is 0 Å². The fourth-order valence-corrected chi connectivity index (χ4v) is 3.19. The zero-order valence-electron chi connectivity index (χ0n) is 11.5. The van der Waals surface area contributed by atoms with Crippen molar-refractivity contribution in [2.24, 2.45) is 0 Å². The number of fused-ring (bicyclic) bond motifs is 1. The van der Waals surface area contributed by atoms with Gasteiger partial charge in [-0.05, 0) is 77.0 Å². The molecule has 1 N–H and O–H groups in total. The smallest absolute Gasteiger partial charge is 0.256 e. The van der Waals surface area contributed by atoms with Gasteiger partial charge in [0.05, 0.1) is 5.56 Å². The Morgan fingerprint density at radius 1 is 1.14 bits per heavy atom. The van der Waals surface area contributed by atoms with Crippen LogP contribution < -0.4 is 5.32 Å². The molecule has 0 unspecified atom stereocenters. The molecule has 0 heterocycles. The average Bonchev–Trinajstić information content (AvgIpc) is 2.50. The first-order valence-electron chi connectivity index (χ1n) is 7.02. The van der Waals surface area contributed by atoms with Crippen LogP contribution in [0.15, 0.2) is 40.9 Å². The van der Waals surface area contributed by atoms with E-state index in [-0.39, 0.29) is 5.91 Å². The summed E-state index contributed by atoms with van der Waals surface area (Å²) in [6.07, 6.45) is 4.38. The molecule has 108 valence electrons. The normalized spacial score (nSPS) is 13.6. The van der Waals surface area contributed by atoms with E-state index < -0.39 is 5.82 Å². The predicted molar refractivity (Wildman–Crippen MR) is 85.1 cm³/mol. The van der Waals surface area contributed by atoms with E-state index in [1.54, 1.807) is 6.07 Å². The van der Waals surface area contributed by atoms with Gasteiger partial charge in [0.25, 0.3) is 5.91 Å². The number of benzene rings is 2. The Labute approximate surface area is 131 Å². The van der Waals surface area contributed by atoms with Gasteiger partial charge in [-0.15, -0.1) is 0 Å². The summed E-state index contributed by atoms with van der Waals surface area (Å²) in [4.78, 5) is 12.4. The zero-order valence-corrected chi connectivity index (χ0v) is 13.0. The maximum Gasteiger partial charge on any atom is 0.256 e. The van der Waals surface area contributed by atoms with Crippen molar-refractivity contribution in [3.8, 4) is 0 Å². The second kappa shape index (κ2) is 5.98. The van der Waals surface area contributed by atoms with Crippen molar-refractivity contribution in [1.82, 2.24) is 0 Å². The lowest BCUT2D eigenvalue weighted by Crippen LogP contribution is -2.16. The van der Waals surface area contributed by atoms with Gasteiger partial charge in [0.15, 0.2) is 0 Å². The Bertz CT molecular complexity index is 699. The van der Waals surface area contributed by atoms with Crippen LogP contribution in [-0.2, 0) is 12.8 Å². The summed E-state index contributed by atoms with van der Waals surface area (Å²) in [5.41, 5.74) is 3.67. The van der Waals surface area contributed by atoms with Crippen molar-refractivity contribution < 1.29 is 9.18 Å². The summed E-state index contributed by atoms with van der Waals surface area (Å²) < 4.78 is 13.9. The summed E-state index contributed by atoms with van der Waals surface area (Å²) in [5.74, 6) is -0.709. The summed E-state index contributed by atoms with van der Waals surface area (Å²) in [6.45, 7) is 0. The van der Waals surface area contributed by atoms with Gasteiger partial charge in [-0.2, -0.15) is 0 Å². The Morgan fingerprint density at radius 3 is 2.81 bits per heavy atom. The van der Waals surface area contributed by atoms with Gasteiger partial charge in [0, 0.05) is 10.2 Å². The third kappa shape index (κ3) is 3.00. The van der Waals surface area contributed by atoms with Gasteiger partial charge in [0.2, 0.25) is 0 Å². The van der Waals surface area contributed by atoms with Crippen LogP contribution in [0.4, 0.5) is 10.1 Å². The van der Waals surface area contributed by atoms with Crippen molar-refractivity contribution >= 4 is 27.5 Å². The molecule has 0 saturated carbocycles. The SMILES string of the molecule is O=C(Nc1cccc2c1CCCC2)c1cc(F)ccc1Br. The lowest BCUT2D eigenvalue weighted by atomic mass is 9.90. The lowest BCUT2D eigenvalue weighted by molar-refractivity contribution is 0.102. The topological polar surface area (TPSA) is 29.1 Å². The van der Waals surface area contributed by atoms with Crippen molar-refractivity contribution in [1.29, 1.82) is 0 Å². The fourth-order valence-electron chi connectivity index (χ4n) is 2.76. The number of nitrogens with one attached hydrogen (secondary N) is 1. The Hall–Kier alpha value is -1.68. The van der Waals surface area contributed by atoms with Crippen LogP contribution in [0.5, 0.6) is 0 Å². The lowest BCUT2D eigenvalue weighted by Gasteiger charge is -2.19. The van der Waals surface area contributed by atoms with Crippen LogP contribution in [0.2, 0.25) is 0 Å². The summed E-state index contributed by atoms with van der Waals surface area (Å²) >= 11 is 3.29. The first-order chi connectivity index (χ1) is 10.1. The second-order valence-corrected chi connectivity index (χ2v) is 6.08. The van der Waals surface area contributed by atoms with Crippen molar-refractivity contribution in [2.45, 2.75) is 25.7 Å². The summed E-state index contributed by atoms with van der Waals surface area (Å²) in [5, 5.41) is 2.92. The fraction of sp³-hybridized carbons (Fsp3) is 0.235. The predicted octanol–water partition coefficient (Wildman–Crippen LogP) is 4.72. The molecule has 2 aromatic carbocycles. The standard InChI is InChI=1S/C17H15BrFNO/c18-15-9-8-12(19)10-14(15)17(21)20-16-7-3-5-11-4-1-2-6-13(11)16/h3,5,7-10H,1-2,4,6H2,(H,20,21). The molecule has 1 amide bonds. The molecular formula is C17H15BrFNO. The minimum atomic E-state index is -0.418. The third-order valence-corrected chi connectivity index (χ3v) is 4.51. The van der Waals surface area contributed by atoms with E-state index in [9.17, 15) is 9.18 Å². The number of hydrogen-bond acceptors (Lipinski definition) is 1. The van der Waals surface area contributed by atoms with Gasteiger partial charge in [-0.1, -0.05) is 12.1 Å². The molecule has 3 rings (SSSR count). The van der Waals surface area contributed by atoms with Crippen LogP contribution in [0.25, 0.3) is 0 Å². The molecule has 1 aliphatic rings. The zero-order chi connectivity index (χ0) is 14.8. The van der Waals surface area contributed by atoms with Crippen LogP contribution in [0.3, 0.4) is 0 Å². The van der Waals surface area contributed by atoms with E-state index in [1.165, 1.54) is 29.7 Å². The van der Waals surface area contributed by atoms with Crippen molar-refractivity contribution in [2.75, 3.05) is 5.32 Å². The van der Waals surface area contributed by atoms with Crippen molar-refractivity contribution in [3.05, 3.63) is 63.4 Å². The van der Waals surface area contributed by atoms with E-state index >= 15 is 0 Å². The largest absolute Gasteiger partial charge is 0.322 e. The van der Waals surface area contributed by atoms with Crippen LogP contribution in [-0.4, -0.2) is 5.91 Å². The number of halogens is 2. The first kappa shape index (κ1) is 14.3. The van der Waals surface area contributed by atoms with E-state index in [2.05, 4.69) is 27.3 Å². The van der Waals surface area contributed by atoms with Gasteiger partial charge in [-0.25, -0.2) is 4.39 Å². The number of rotatable bonds is 2. The molecule has 2 nitrogen and oxygen atoms in total. The molecule has 0 saturated heterocycles. The number of carbonyl (C=O) groups excluding carboxylic acids is 1. The van der Waals surface area contributed by atoms with Crippen LogP contribution in [0, 0.1) is 5.82 Å². The first-order valence-corrected chi connectivity index (χ1v) is 7.81. The molecule has 0 spiro atoms. The third-order valence-electron chi connectivity index (χ3n) is 3.82. The minimum absolute atomic E-state index is 0.291. The molecule has 21 heavy (non-hydrogen) atoms. The average molecular weight is 348 g/mol. The maximum absolute atomic E-state index is 13.3. The number of amides is 1. The Morgan fingerprint density at radius 2 is 1.95 bits per heavy atom. The molecule has 1 aliphatic carbocycles. The molecule has 2 aromatic rings. The maximum atomic E-state index is 13.3. The molecule has 0 aromatic heterocycles. The minimum Gasteiger partial charge on any atom is -0.322 e. The molecule has 0 atom stereocenters. The molecular weight excluding hydrogens is 333 g/mol.